The molecule has 0 saturated carbocycles. The molecule has 72 valence electrons. The fourth-order valence-electron chi connectivity index (χ4n) is 0.928. The summed E-state index contributed by atoms with van der Waals surface area (Å²) in [6.07, 6.45) is 0. The van der Waals surface area contributed by atoms with Crippen LogP contribution >= 0.6 is 0 Å². The molecule has 0 aliphatic carbocycles. The molecule has 3 nitrogen and oxygen atoms in total. The molecule has 0 fully saturated rings. The fourth-order valence-corrected chi connectivity index (χ4v) is 0.928. The molecule has 4 N–H and O–H groups in total. The number of hydrogen-bond acceptors (Lipinski definition) is 3. The lowest BCUT2D eigenvalue weighted by molar-refractivity contribution is -0.0493. The van der Waals surface area contributed by atoms with Crippen molar-refractivity contribution in [1.29, 1.82) is 0 Å². The Morgan fingerprint density at radius 2 is 2.08 bits per heavy atom. The van der Waals surface area contributed by atoms with E-state index in [0.29, 0.717) is 6.54 Å². The summed E-state index contributed by atoms with van der Waals surface area (Å²) in [7, 11) is 0. The van der Waals surface area contributed by atoms with Gasteiger partial charge in [0.1, 0.15) is 5.75 Å². The van der Waals surface area contributed by atoms with Crippen LogP contribution in [-0.4, -0.2) is 6.61 Å². The van der Waals surface area contributed by atoms with Crippen molar-refractivity contribution in [3.8, 4) is 5.75 Å². The number of nitrogens with two attached hydrogens (primary N) is 2. The van der Waals surface area contributed by atoms with Crippen molar-refractivity contribution in [2.24, 2.45) is 5.73 Å². The molecule has 0 atom stereocenters. The molecule has 0 unspecified atom stereocenters. The number of rotatable bonds is 3. The first kappa shape index (κ1) is 9.73. The van der Waals surface area contributed by atoms with Gasteiger partial charge in [-0.2, -0.15) is 8.78 Å². The molecule has 5 heteroatoms. The van der Waals surface area contributed by atoms with E-state index in [9.17, 15) is 8.78 Å². The van der Waals surface area contributed by atoms with Crippen LogP contribution in [0.2, 0.25) is 0 Å². The molecule has 0 aromatic heterocycles. The van der Waals surface area contributed by atoms with Gasteiger partial charge in [0.05, 0.1) is 5.69 Å². The van der Waals surface area contributed by atoms with Gasteiger partial charge >= 0.3 is 6.61 Å². The molecular formula is C8H10F2N2O. The lowest BCUT2D eigenvalue weighted by atomic mass is 10.2. The van der Waals surface area contributed by atoms with Gasteiger partial charge in [-0.1, -0.05) is 6.07 Å². The second-order valence-electron chi connectivity index (χ2n) is 2.45. The monoisotopic (exact) mass is 188 g/mol. The minimum Gasteiger partial charge on any atom is -0.433 e. The predicted molar refractivity (Wildman–Crippen MR) is 45.4 cm³/mol. The normalized spacial score (nSPS) is 10.5. The van der Waals surface area contributed by atoms with Crippen LogP contribution in [-0.2, 0) is 6.54 Å². The summed E-state index contributed by atoms with van der Waals surface area (Å²) < 4.78 is 27.7. The largest absolute Gasteiger partial charge is 0.433 e. The zero-order chi connectivity index (χ0) is 9.84. The van der Waals surface area contributed by atoms with Gasteiger partial charge in [-0.15, -0.1) is 0 Å². The first-order chi connectivity index (χ1) is 6.13. The van der Waals surface area contributed by atoms with E-state index < -0.39 is 6.61 Å². The Kier molecular flexibility index (Phi) is 3.02. The Morgan fingerprint density at radius 3 is 2.54 bits per heavy atom. The van der Waals surface area contributed by atoms with E-state index in [1.807, 2.05) is 0 Å². The van der Waals surface area contributed by atoms with Gasteiger partial charge in [0, 0.05) is 6.54 Å². The van der Waals surface area contributed by atoms with Crippen molar-refractivity contribution in [1.82, 2.24) is 0 Å². The highest BCUT2D eigenvalue weighted by Gasteiger charge is 2.07. The van der Waals surface area contributed by atoms with E-state index in [1.165, 1.54) is 12.1 Å². The first-order valence-electron chi connectivity index (χ1n) is 3.66. The summed E-state index contributed by atoms with van der Waals surface area (Å²) in [4.78, 5) is 0. The second kappa shape index (κ2) is 4.04. The molecule has 0 spiro atoms. The van der Waals surface area contributed by atoms with E-state index in [1.54, 1.807) is 6.07 Å². The van der Waals surface area contributed by atoms with Gasteiger partial charge in [-0.3, -0.25) is 0 Å². The summed E-state index contributed by atoms with van der Waals surface area (Å²) in [6.45, 7) is -2.54. The Balaban J connectivity index is 2.85. The van der Waals surface area contributed by atoms with Gasteiger partial charge in [-0.05, 0) is 17.7 Å². The number of anilines is 1. The number of benzene rings is 1. The number of halogens is 2. The lowest BCUT2D eigenvalue weighted by Gasteiger charge is -2.08. The van der Waals surface area contributed by atoms with E-state index >= 15 is 0 Å². The Bertz CT molecular complexity index is 291. The third-order valence-corrected chi connectivity index (χ3v) is 1.53. The third kappa shape index (κ3) is 2.55. The standard InChI is InChI=1S/C8H10F2N2O/c9-8(10)13-7-2-1-5(4-11)3-6(7)12/h1-3,8H,4,11-12H2. The maximum Gasteiger partial charge on any atom is 0.387 e. The smallest absolute Gasteiger partial charge is 0.387 e. The van der Waals surface area contributed by atoms with Crippen LogP contribution in [0.4, 0.5) is 14.5 Å². The maximum absolute atomic E-state index is 11.8. The van der Waals surface area contributed by atoms with Gasteiger partial charge in [0.15, 0.2) is 0 Å². The molecular weight excluding hydrogens is 178 g/mol. The highest BCUT2D eigenvalue weighted by Crippen LogP contribution is 2.23. The van der Waals surface area contributed by atoms with Crippen molar-refractivity contribution in [3.63, 3.8) is 0 Å². The van der Waals surface area contributed by atoms with Gasteiger partial charge in [0.25, 0.3) is 0 Å². The van der Waals surface area contributed by atoms with Crippen molar-refractivity contribution < 1.29 is 13.5 Å². The summed E-state index contributed by atoms with van der Waals surface area (Å²) in [5.41, 5.74) is 11.7. The van der Waals surface area contributed by atoms with Crippen LogP contribution < -0.4 is 16.2 Å². The molecule has 0 amide bonds. The average molecular weight is 188 g/mol. The zero-order valence-corrected chi connectivity index (χ0v) is 6.84. The van der Waals surface area contributed by atoms with Crippen LogP contribution in [0.25, 0.3) is 0 Å². The van der Waals surface area contributed by atoms with Crippen molar-refractivity contribution in [2.75, 3.05) is 5.73 Å². The Labute approximate surface area is 74.3 Å². The molecule has 1 rings (SSSR count). The molecule has 0 aliphatic rings. The number of ether oxygens (including phenoxy) is 1. The zero-order valence-electron chi connectivity index (χ0n) is 6.84. The minimum absolute atomic E-state index is 0.0211. The van der Waals surface area contributed by atoms with Crippen LogP contribution in [0.5, 0.6) is 5.75 Å². The van der Waals surface area contributed by atoms with Crippen LogP contribution in [0.1, 0.15) is 5.56 Å². The third-order valence-electron chi connectivity index (χ3n) is 1.53. The molecule has 1 aromatic carbocycles. The van der Waals surface area contributed by atoms with Gasteiger partial charge in [-0.25, -0.2) is 0 Å². The van der Waals surface area contributed by atoms with Crippen LogP contribution in [0.3, 0.4) is 0 Å². The molecule has 0 saturated heterocycles. The quantitative estimate of drug-likeness (QED) is 0.703. The average Bonchev–Trinajstić information content (AvgIpc) is 2.08. The molecule has 0 heterocycles. The SMILES string of the molecule is NCc1ccc(OC(F)F)c(N)c1. The molecule has 0 radical (unpaired) electrons. The topological polar surface area (TPSA) is 61.3 Å². The van der Waals surface area contributed by atoms with Crippen molar-refractivity contribution >= 4 is 5.69 Å². The van der Waals surface area contributed by atoms with E-state index in [4.69, 9.17) is 11.5 Å². The Morgan fingerprint density at radius 1 is 1.38 bits per heavy atom. The highest BCUT2D eigenvalue weighted by atomic mass is 19.3. The first-order valence-corrected chi connectivity index (χ1v) is 3.66. The molecule has 0 bridgehead atoms. The highest BCUT2D eigenvalue weighted by molar-refractivity contribution is 5.54. The van der Waals surface area contributed by atoms with Gasteiger partial charge in [0.2, 0.25) is 0 Å². The summed E-state index contributed by atoms with van der Waals surface area (Å²) in [6, 6.07) is 4.48. The number of nitrogen functional groups attached to an aromatic ring is 1. The number of alkyl halides is 2. The van der Waals surface area contributed by atoms with Crippen molar-refractivity contribution in [3.05, 3.63) is 23.8 Å². The summed E-state index contributed by atoms with van der Waals surface area (Å²) in [5, 5.41) is 0. The molecule has 13 heavy (non-hydrogen) atoms. The fraction of sp³-hybridized carbons (Fsp3) is 0.250. The van der Waals surface area contributed by atoms with Crippen molar-refractivity contribution in [2.45, 2.75) is 13.2 Å². The van der Waals surface area contributed by atoms with Gasteiger partial charge < -0.3 is 16.2 Å². The second-order valence-corrected chi connectivity index (χ2v) is 2.45. The molecule has 0 aliphatic heterocycles. The minimum atomic E-state index is -2.86. The summed E-state index contributed by atoms with van der Waals surface area (Å²) >= 11 is 0. The van der Waals surface area contributed by atoms with Crippen LogP contribution in [0, 0.1) is 0 Å². The van der Waals surface area contributed by atoms with E-state index in [2.05, 4.69) is 4.74 Å². The lowest BCUT2D eigenvalue weighted by Crippen LogP contribution is -2.05. The van der Waals surface area contributed by atoms with E-state index in [-0.39, 0.29) is 11.4 Å². The maximum atomic E-state index is 11.8. The predicted octanol–water partition coefficient (Wildman–Crippen LogP) is 1.33. The Hall–Kier alpha value is -1.36. The van der Waals surface area contributed by atoms with Crippen LogP contribution in [0.15, 0.2) is 18.2 Å². The molecule has 1 aromatic rings. The van der Waals surface area contributed by atoms with E-state index in [0.717, 1.165) is 5.56 Å². The number of hydrogen-bond donors (Lipinski definition) is 2. The summed E-state index contributed by atoms with van der Waals surface area (Å²) in [5.74, 6) is -0.0211.